The molecule has 1 fully saturated rings. The number of fused-ring (bicyclic) bond motifs is 8. The zero-order valence-electron chi connectivity index (χ0n) is 36.4. The van der Waals surface area contributed by atoms with Crippen molar-refractivity contribution in [3.63, 3.8) is 0 Å². The second-order valence-corrected chi connectivity index (χ2v) is 17.9. The molecular weight excluding hydrogens is 759 g/mol. The van der Waals surface area contributed by atoms with Gasteiger partial charge in [-0.25, -0.2) is 0 Å². The Bertz CT molecular complexity index is 3050. The maximum atomic E-state index is 4.63. The first kappa shape index (κ1) is 38.9. The molecule has 1 saturated carbocycles. The highest BCUT2D eigenvalue weighted by Gasteiger charge is 2.49. The molecule has 11 rings (SSSR count). The first-order valence-electron chi connectivity index (χ1n) is 22.9. The Kier molecular flexibility index (Phi) is 9.73. The predicted molar refractivity (Wildman–Crippen MR) is 267 cm³/mol. The summed E-state index contributed by atoms with van der Waals surface area (Å²) in [5, 5.41) is 2.50. The van der Waals surface area contributed by atoms with Gasteiger partial charge >= 0.3 is 0 Å². The van der Waals surface area contributed by atoms with E-state index in [0.29, 0.717) is 0 Å². The van der Waals surface area contributed by atoms with E-state index in [4.69, 9.17) is 0 Å². The minimum Gasteiger partial charge on any atom is -0.314 e. The molecule has 1 spiro atoms. The molecule has 1 nitrogen and oxygen atoms in total. The molecule has 0 heterocycles. The van der Waals surface area contributed by atoms with E-state index in [9.17, 15) is 0 Å². The Morgan fingerprint density at radius 2 is 1.25 bits per heavy atom. The molecule has 306 valence electrons. The van der Waals surface area contributed by atoms with Crippen LogP contribution >= 0.6 is 0 Å². The average Bonchev–Trinajstić information content (AvgIpc) is 4.04. The molecule has 0 atom stereocenters. The summed E-state index contributed by atoms with van der Waals surface area (Å²) in [5.74, 6) is 0. The van der Waals surface area contributed by atoms with Crippen LogP contribution in [-0.4, -0.2) is 0 Å². The molecule has 0 aliphatic heterocycles. The van der Waals surface area contributed by atoms with E-state index in [0.717, 1.165) is 29.7 Å². The summed E-state index contributed by atoms with van der Waals surface area (Å²) >= 11 is 0. The molecule has 7 aromatic carbocycles. The zero-order chi connectivity index (χ0) is 42.5. The number of hydrogen-bond acceptors (Lipinski definition) is 1. The topological polar surface area (TPSA) is 3.24 Å². The SMILES string of the molecule is C=C(/C=C\c1ccc2ccccc2c1)/C(C)=C/C(=C\C)N(C1=CC2=C(CC1)c1ccccc1C2(c1ccccc1)c1ccccc1)c1cccc2c1-c1ccccc1C21CCCC1. The predicted octanol–water partition coefficient (Wildman–Crippen LogP) is 16.1. The van der Waals surface area contributed by atoms with Gasteiger partial charge in [0.25, 0.3) is 0 Å². The van der Waals surface area contributed by atoms with Crippen molar-refractivity contribution >= 4 is 28.1 Å². The van der Waals surface area contributed by atoms with Crippen LogP contribution in [0.4, 0.5) is 5.69 Å². The van der Waals surface area contributed by atoms with E-state index < -0.39 is 5.41 Å². The molecule has 4 aliphatic carbocycles. The van der Waals surface area contributed by atoms with Crippen molar-refractivity contribution in [3.05, 3.63) is 268 Å². The number of hydrogen-bond donors (Lipinski definition) is 0. The third kappa shape index (κ3) is 6.20. The van der Waals surface area contributed by atoms with Crippen LogP contribution in [0.15, 0.2) is 229 Å². The summed E-state index contributed by atoms with van der Waals surface area (Å²) in [6, 6.07) is 63.3. The van der Waals surface area contributed by atoms with Gasteiger partial charge in [0.05, 0.1) is 11.1 Å². The van der Waals surface area contributed by atoms with E-state index in [1.165, 1.54) is 109 Å². The van der Waals surface area contributed by atoms with Gasteiger partial charge in [-0.1, -0.05) is 195 Å². The quantitative estimate of drug-likeness (QED) is 0.131. The molecule has 0 unspecified atom stereocenters. The van der Waals surface area contributed by atoms with Crippen LogP contribution in [0.5, 0.6) is 0 Å². The molecule has 63 heavy (non-hydrogen) atoms. The highest BCUT2D eigenvalue weighted by atomic mass is 15.2. The van der Waals surface area contributed by atoms with E-state index in [1.54, 1.807) is 0 Å². The Morgan fingerprint density at radius 3 is 1.98 bits per heavy atom. The van der Waals surface area contributed by atoms with Crippen LogP contribution in [-0.2, 0) is 10.8 Å². The number of anilines is 1. The number of benzene rings is 7. The normalized spacial score (nSPS) is 17.1. The minimum absolute atomic E-state index is 0.0663. The molecule has 0 N–H and O–H groups in total. The Hall–Kier alpha value is -6.96. The van der Waals surface area contributed by atoms with Crippen LogP contribution in [0.25, 0.3) is 33.5 Å². The molecule has 0 radical (unpaired) electrons. The Labute approximate surface area is 373 Å². The molecule has 1 heteroatoms. The lowest BCUT2D eigenvalue weighted by Gasteiger charge is -2.38. The maximum absolute atomic E-state index is 4.63. The van der Waals surface area contributed by atoms with Gasteiger partial charge in [-0.15, -0.1) is 0 Å². The summed E-state index contributed by atoms with van der Waals surface area (Å²) in [7, 11) is 0. The van der Waals surface area contributed by atoms with Gasteiger partial charge in [-0.2, -0.15) is 0 Å². The molecular formula is C62H53N. The van der Waals surface area contributed by atoms with Crippen molar-refractivity contribution in [2.45, 2.75) is 63.2 Å². The van der Waals surface area contributed by atoms with Crippen molar-refractivity contribution < 1.29 is 0 Å². The number of nitrogens with zero attached hydrogens (tertiary/aromatic N) is 1. The molecule has 7 aromatic rings. The van der Waals surface area contributed by atoms with Crippen molar-refractivity contribution in [2.75, 3.05) is 4.90 Å². The molecule has 4 aliphatic rings. The summed E-state index contributed by atoms with van der Waals surface area (Å²) in [6.45, 7) is 9.05. The molecule has 0 bridgehead atoms. The van der Waals surface area contributed by atoms with Gasteiger partial charge in [0, 0.05) is 22.4 Å². The summed E-state index contributed by atoms with van der Waals surface area (Å²) in [4.78, 5) is 2.63. The van der Waals surface area contributed by atoms with Crippen LogP contribution in [0.1, 0.15) is 91.3 Å². The number of allylic oxidation sites excluding steroid dienone is 9. The monoisotopic (exact) mass is 811 g/mol. The number of rotatable bonds is 9. The van der Waals surface area contributed by atoms with Gasteiger partial charge < -0.3 is 4.90 Å². The first-order valence-corrected chi connectivity index (χ1v) is 22.9. The van der Waals surface area contributed by atoms with Crippen LogP contribution in [0.2, 0.25) is 0 Å². The fraction of sp³-hybridized carbons (Fsp3) is 0.161. The van der Waals surface area contributed by atoms with Gasteiger partial charge in [-0.05, 0) is 141 Å². The zero-order valence-corrected chi connectivity index (χ0v) is 36.4. The van der Waals surface area contributed by atoms with Gasteiger partial charge in [0.15, 0.2) is 0 Å². The highest BCUT2D eigenvalue weighted by Crippen LogP contribution is 2.61. The lowest BCUT2D eigenvalue weighted by atomic mass is 9.66. The standard InChI is InChI=1S/C62H53N/c1-4-50(40-44(3)43(2)32-33-45-34-35-46-20-11-12-21-47(46)41-45)63(59-31-19-30-57-60(59)54-27-14-15-28-55(54)61(57)38-17-18-39-61)51-36-37-53-52-26-13-16-29-56(52)62(58(53)42-51,48-22-7-5-8-23-48)49-24-9-6-10-25-49/h4-16,19-35,40-42H,2,17-18,36-39H2,1,3H3/b33-32-,44-40+,50-4+. The molecule has 0 saturated heterocycles. The van der Waals surface area contributed by atoms with E-state index in [2.05, 4.69) is 226 Å². The van der Waals surface area contributed by atoms with E-state index in [1.807, 2.05) is 0 Å². The largest absolute Gasteiger partial charge is 0.314 e. The second-order valence-electron chi connectivity index (χ2n) is 17.9. The lowest BCUT2D eigenvalue weighted by molar-refractivity contribution is 0.550. The molecule has 0 aromatic heterocycles. The van der Waals surface area contributed by atoms with Crippen LogP contribution in [0.3, 0.4) is 0 Å². The lowest BCUT2D eigenvalue weighted by Crippen LogP contribution is -2.31. The summed E-state index contributed by atoms with van der Waals surface area (Å²) < 4.78 is 0. The van der Waals surface area contributed by atoms with Gasteiger partial charge in [0.1, 0.15) is 0 Å². The van der Waals surface area contributed by atoms with Crippen molar-refractivity contribution in [1.82, 2.24) is 0 Å². The van der Waals surface area contributed by atoms with Gasteiger partial charge in [-0.3, -0.25) is 0 Å². The fourth-order valence-electron chi connectivity index (χ4n) is 11.8. The summed E-state index contributed by atoms with van der Waals surface area (Å²) in [5.41, 5.74) is 20.6. The van der Waals surface area contributed by atoms with Crippen molar-refractivity contribution in [3.8, 4) is 11.1 Å². The van der Waals surface area contributed by atoms with Crippen LogP contribution in [0, 0.1) is 0 Å². The van der Waals surface area contributed by atoms with Gasteiger partial charge in [0.2, 0.25) is 0 Å². The summed E-state index contributed by atoms with van der Waals surface area (Å²) in [6.07, 6.45) is 18.4. The molecule has 0 amide bonds. The van der Waals surface area contributed by atoms with E-state index in [-0.39, 0.29) is 5.41 Å². The minimum atomic E-state index is -0.464. The fourth-order valence-corrected chi connectivity index (χ4v) is 11.8. The first-order chi connectivity index (χ1) is 31.0. The Morgan fingerprint density at radius 1 is 0.619 bits per heavy atom. The third-order valence-electron chi connectivity index (χ3n) is 14.7. The maximum Gasteiger partial charge on any atom is 0.0710 e. The van der Waals surface area contributed by atoms with Crippen LogP contribution < -0.4 is 4.90 Å². The van der Waals surface area contributed by atoms with E-state index >= 15 is 0 Å². The Balaban J connectivity index is 1.10. The second kappa shape index (κ2) is 15.7. The smallest absolute Gasteiger partial charge is 0.0710 e. The highest BCUT2D eigenvalue weighted by molar-refractivity contribution is 5.94. The van der Waals surface area contributed by atoms with Crippen molar-refractivity contribution in [1.29, 1.82) is 0 Å². The third-order valence-corrected chi connectivity index (χ3v) is 14.7. The average molecular weight is 812 g/mol. The van der Waals surface area contributed by atoms with Crippen molar-refractivity contribution in [2.24, 2.45) is 0 Å².